The largest absolute Gasteiger partial charge is 0.345 e. The molecule has 0 atom stereocenters. The van der Waals surface area contributed by atoms with Gasteiger partial charge in [-0.25, -0.2) is 4.98 Å². The lowest BCUT2D eigenvalue weighted by atomic mass is 10.2. The Morgan fingerprint density at radius 3 is 2.72 bits per heavy atom. The Kier molecular flexibility index (Phi) is 5.79. The van der Waals surface area contributed by atoms with Gasteiger partial charge in [-0.05, 0) is 30.2 Å². The molecule has 128 valence electrons. The monoisotopic (exact) mass is 371 g/mol. The van der Waals surface area contributed by atoms with E-state index in [1.807, 2.05) is 48.8 Å². The van der Waals surface area contributed by atoms with Crippen LogP contribution < -0.4 is 0 Å². The first-order chi connectivity index (χ1) is 12.1. The van der Waals surface area contributed by atoms with Gasteiger partial charge in [0.2, 0.25) is 5.91 Å². The number of rotatable bonds is 6. The first kappa shape index (κ1) is 17.6. The minimum Gasteiger partial charge on any atom is -0.345 e. The lowest BCUT2D eigenvalue weighted by Crippen LogP contribution is -2.30. The predicted molar refractivity (Wildman–Crippen MR) is 102 cm³/mol. The summed E-state index contributed by atoms with van der Waals surface area (Å²) in [5.74, 6) is 0.0602. The van der Waals surface area contributed by atoms with E-state index >= 15 is 0 Å². The molecule has 3 rings (SSSR count). The number of aromatic nitrogens is 2. The van der Waals surface area contributed by atoms with Crippen LogP contribution in [0.4, 0.5) is 0 Å². The summed E-state index contributed by atoms with van der Waals surface area (Å²) in [7, 11) is 1.82. The molecule has 1 amide bonds. The van der Waals surface area contributed by atoms with Crippen LogP contribution in [0.15, 0.2) is 54.2 Å². The number of likely N-dealkylation sites (N-methyl/N-ethyl adjacent to an activating group) is 1. The summed E-state index contributed by atoms with van der Waals surface area (Å²) < 4.78 is 0. The van der Waals surface area contributed by atoms with Crippen molar-refractivity contribution in [1.82, 2.24) is 14.9 Å². The second-order valence-corrected chi connectivity index (χ2v) is 6.99. The molecule has 25 heavy (non-hydrogen) atoms. The van der Waals surface area contributed by atoms with Crippen LogP contribution in [0.3, 0.4) is 0 Å². The van der Waals surface area contributed by atoms with E-state index in [2.05, 4.69) is 9.97 Å². The molecule has 4 nitrogen and oxygen atoms in total. The summed E-state index contributed by atoms with van der Waals surface area (Å²) in [6.07, 6.45) is 4.64. The minimum atomic E-state index is 0.0602. The van der Waals surface area contributed by atoms with Gasteiger partial charge in [-0.2, -0.15) is 0 Å². The van der Waals surface area contributed by atoms with Crippen molar-refractivity contribution in [2.45, 2.75) is 12.8 Å². The van der Waals surface area contributed by atoms with Crippen molar-refractivity contribution in [1.29, 1.82) is 0 Å². The van der Waals surface area contributed by atoms with E-state index in [0.717, 1.165) is 22.7 Å². The van der Waals surface area contributed by atoms with Crippen molar-refractivity contribution in [3.05, 3.63) is 70.5 Å². The van der Waals surface area contributed by atoms with Gasteiger partial charge in [0.15, 0.2) is 0 Å². The number of carbonyl (C=O) groups is 1. The Morgan fingerprint density at radius 1 is 1.20 bits per heavy atom. The number of pyridine rings is 1. The van der Waals surface area contributed by atoms with Crippen molar-refractivity contribution in [3.63, 3.8) is 0 Å². The normalized spacial score (nSPS) is 10.6. The zero-order valence-corrected chi connectivity index (χ0v) is 15.4. The summed E-state index contributed by atoms with van der Waals surface area (Å²) in [4.78, 5) is 22.7. The zero-order valence-electron chi connectivity index (χ0n) is 13.9. The molecular formula is C19H18ClN3OS. The van der Waals surface area contributed by atoms with Gasteiger partial charge < -0.3 is 4.90 Å². The molecule has 0 aliphatic carbocycles. The number of carbonyl (C=O) groups excluding carboxylic acids is 1. The first-order valence-corrected chi connectivity index (χ1v) is 9.21. The van der Waals surface area contributed by atoms with E-state index in [-0.39, 0.29) is 5.91 Å². The van der Waals surface area contributed by atoms with Crippen molar-refractivity contribution in [2.24, 2.45) is 0 Å². The van der Waals surface area contributed by atoms with E-state index in [9.17, 15) is 4.79 Å². The number of nitrogens with zero attached hydrogens (tertiary/aromatic N) is 3. The molecule has 2 aromatic heterocycles. The van der Waals surface area contributed by atoms with E-state index in [4.69, 9.17) is 11.6 Å². The minimum absolute atomic E-state index is 0.0602. The molecule has 0 saturated carbocycles. The third-order valence-electron chi connectivity index (χ3n) is 3.90. The highest BCUT2D eigenvalue weighted by Gasteiger charge is 2.14. The maximum absolute atomic E-state index is 12.4. The highest BCUT2D eigenvalue weighted by Crippen LogP contribution is 2.30. The summed E-state index contributed by atoms with van der Waals surface area (Å²) >= 11 is 7.72. The standard InChI is InChI=1S/C19H18ClN3OS/c1-23(11-8-14-6-9-21-10-7-14)18(24)12-15-13-25-19(22-15)16-4-2-3-5-17(16)20/h2-7,9-10,13H,8,11-12H2,1H3. The molecule has 0 aliphatic heterocycles. The molecule has 0 N–H and O–H groups in total. The molecule has 0 saturated heterocycles. The number of thiazole rings is 1. The molecule has 0 spiro atoms. The Hall–Kier alpha value is -2.24. The number of halogens is 1. The molecule has 3 aromatic rings. The smallest absolute Gasteiger partial charge is 0.228 e. The summed E-state index contributed by atoms with van der Waals surface area (Å²) in [6, 6.07) is 11.5. The first-order valence-electron chi connectivity index (χ1n) is 7.95. The maximum atomic E-state index is 12.4. The number of benzene rings is 1. The molecule has 0 radical (unpaired) electrons. The fraction of sp³-hybridized carbons (Fsp3) is 0.211. The summed E-state index contributed by atoms with van der Waals surface area (Å²) in [5.41, 5.74) is 2.85. The van der Waals surface area contributed by atoms with E-state index in [0.29, 0.717) is 18.0 Å². The number of hydrogen-bond acceptors (Lipinski definition) is 4. The molecule has 2 heterocycles. The van der Waals surface area contributed by atoms with Crippen LogP contribution in [0.5, 0.6) is 0 Å². The predicted octanol–water partition coefficient (Wildman–Crippen LogP) is 4.10. The van der Waals surface area contributed by atoms with Crippen molar-refractivity contribution < 1.29 is 4.79 Å². The van der Waals surface area contributed by atoms with Gasteiger partial charge in [-0.15, -0.1) is 11.3 Å². The van der Waals surface area contributed by atoms with Crippen molar-refractivity contribution in [3.8, 4) is 10.6 Å². The van der Waals surface area contributed by atoms with E-state index < -0.39 is 0 Å². The number of hydrogen-bond donors (Lipinski definition) is 0. The van der Waals surface area contributed by atoms with Gasteiger partial charge in [0.1, 0.15) is 5.01 Å². The van der Waals surface area contributed by atoms with Gasteiger partial charge in [-0.1, -0.05) is 29.8 Å². The topological polar surface area (TPSA) is 46.1 Å². The van der Waals surface area contributed by atoms with E-state index in [1.54, 1.807) is 17.3 Å². The molecule has 0 bridgehead atoms. The van der Waals surface area contributed by atoms with Gasteiger partial charge in [-0.3, -0.25) is 9.78 Å². The van der Waals surface area contributed by atoms with Crippen LogP contribution in [0.25, 0.3) is 10.6 Å². The number of amides is 1. The van der Waals surface area contributed by atoms with E-state index in [1.165, 1.54) is 16.9 Å². The molecule has 0 aliphatic rings. The van der Waals surface area contributed by atoms with Crippen LogP contribution in [-0.4, -0.2) is 34.4 Å². The Labute approximate surface area is 156 Å². The van der Waals surface area contributed by atoms with Gasteiger partial charge in [0.05, 0.1) is 17.1 Å². The lowest BCUT2D eigenvalue weighted by molar-refractivity contribution is -0.129. The van der Waals surface area contributed by atoms with Crippen LogP contribution in [-0.2, 0) is 17.6 Å². The van der Waals surface area contributed by atoms with Crippen LogP contribution in [0, 0.1) is 0 Å². The highest BCUT2D eigenvalue weighted by molar-refractivity contribution is 7.13. The zero-order chi connectivity index (χ0) is 17.6. The quantitative estimate of drug-likeness (QED) is 0.655. The Balaban J connectivity index is 1.59. The second-order valence-electron chi connectivity index (χ2n) is 5.72. The van der Waals surface area contributed by atoms with Gasteiger partial charge >= 0.3 is 0 Å². The Bertz CT molecular complexity index is 851. The second kappa shape index (κ2) is 8.23. The third kappa shape index (κ3) is 4.65. The third-order valence-corrected chi connectivity index (χ3v) is 5.15. The van der Waals surface area contributed by atoms with Crippen molar-refractivity contribution in [2.75, 3.05) is 13.6 Å². The average Bonchev–Trinajstić information content (AvgIpc) is 3.09. The van der Waals surface area contributed by atoms with Crippen LogP contribution in [0.1, 0.15) is 11.3 Å². The highest BCUT2D eigenvalue weighted by atomic mass is 35.5. The molecule has 6 heteroatoms. The molecular weight excluding hydrogens is 354 g/mol. The summed E-state index contributed by atoms with van der Waals surface area (Å²) in [5, 5.41) is 3.44. The van der Waals surface area contributed by atoms with Crippen LogP contribution in [0.2, 0.25) is 5.02 Å². The molecule has 0 fully saturated rings. The molecule has 0 unspecified atom stereocenters. The van der Waals surface area contributed by atoms with Crippen LogP contribution >= 0.6 is 22.9 Å². The SMILES string of the molecule is CN(CCc1ccncc1)C(=O)Cc1csc(-c2ccccc2Cl)n1. The van der Waals surface area contributed by atoms with Gasteiger partial charge in [0, 0.05) is 36.9 Å². The van der Waals surface area contributed by atoms with Crippen molar-refractivity contribution >= 4 is 28.8 Å². The fourth-order valence-corrected chi connectivity index (χ4v) is 3.55. The van der Waals surface area contributed by atoms with Gasteiger partial charge in [0.25, 0.3) is 0 Å². The fourth-order valence-electron chi connectivity index (χ4n) is 2.41. The Morgan fingerprint density at radius 2 is 1.96 bits per heavy atom. The lowest BCUT2D eigenvalue weighted by Gasteiger charge is -2.16. The summed E-state index contributed by atoms with van der Waals surface area (Å²) in [6.45, 7) is 0.671. The maximum Gasteiger partial charge on any atom is 0.228 e. The average molecular weight is 372 g/mol. The molecule has 1 aromatic carbocycles.